The number of hydrogen-bond acceptors (Lipinski definition) is 4. The van der Waals surface area contributed by atoms with Gasteiger partial charge >= 0.3 is 0 Å². The van der Waals surface area contributed by atoms with Crippen molar-refractivity contribution in [2.24, 2.45) is 0 Å². The third-order valence-electron chi connectivity index (χ3n) is 4.15. The molecule has 2 unspecified atom stereocenters. The predicted octanol–water partition coefficient (Wildman–Crippen LogP) is 2.90. The van der Waals surface area contributed by atoms with Gasteiger partial charge in [-0.25, -0.2) is 4.39 Å². The zero-order valence-corrected chi connectivity index (χ0v) is 15.6. The minimum absolute atomic E-state index is 0. The van der Waals surface area contributed by atoms with Crippen LogP contribution < -0.4 is 5.32 Å². The monoisotopic (exact) mass is 394 g/mol. The molecule has 4 nitrogen and oxygen atoms in total. The van der Waals surface area contributed by atoms with Gasteiger partial charge < -0.3 is 15.0 Å². The van der Waals surface area contributed by atoms with Gasteiger partial charge in [0.05, 0.1) is 18.2 Å². The zero-order valence-electron chi connectivity index (χ0n) is 13.2. The van der Waals surface area contributed by atoms with Crippen LogP contribution in [0, 0.1) is 5.82 Å². The van der Waals surface area contributed by atoms with E-state index in [0.717, 1.165) is 23.6 Å². The highest BCUT2D eigenvalue weighted by molar-refractivity contribution is 7.99. The fourth-order valence-corrected chi connectivity index (χ4v) is 4.02. The van der Waals surface area contributed by atoms with Gasteiger partial charge in [0.25, 0.3) is 0 Å². The van der Waals surface area contributed by atoms with Crippen LogP contribution in [0.5, 0.6) is 0 Å². The van der Waals surface area contributed by atoms with Crippen molar-refractivity contribution in [3.63, 3.8) is 0 Å². The molecule has 2 aliphatic heterocycles. The number of amides is 1. The summed E-state index contributed by atoms with van der Waals surface area (Å²) in [7, 11) is 0. The van der Waals surface area contributed by atoms with Crippen molar-refractivity contribution in [3.05, 3.63) is 34.6 Å². The van der Waals surface area contributed by atoms with Crippen LogP contribution in [0.2, 0.25) is 5.02 Å². The molecular weight excluding hydrogens is 374 g/mol. The first kappa shape index (κ1) is 19.8. The smallest absolute Gasteiger partial charge is 0.224 e. The average molecular weight is 395 g/mol. The standard InChI is InChI=1S/C16H20ClFN2O2S.ClH/c17-13-7-11(1-2-14(13)18)15-9-20(4-5-22-15)16(21)8-12-10-23-6-3-19-12;/h1-2,7,12,15,19H,3-6,8-10H2;1H. The van der Waals surface area contributed by atoms with Gasteiger partial charge in [0, 0.05) is 37.1 Å². The fraction of sp³-hybridized carbons (Fsp3) is 0.562. The third kappa shape index (κ3) is 4.99. The van der Waals surface area contributed by atoms with E-state index >= 15 is 0 Å². The van der Waals surface area contributed by atoms with Crippen molar-refractivity contribution in [3.8, 4) is 0 Å². The van der Waals surface area contributed by atoms with Crippen molar-refractivity contribution in [1.82, 2.24) is 10.2 Å². The Labute approximate surface area is 156 Å². The first-order valence-electron chi connectivity index (χ1n) is 7.79. The molecular formula is C16H21Cl2FN2O2S. The highest BCUT2D eigenvalue weighted by atomic mass is 35.5. The van der Waals surface area contributed by atoms with Crippen LogP contribution in [0.3, 0.4) is 0 Å². The summed E-state index contributed by atoms with van der Waals surface area (Å²) in [5.74, 6) is 1.79. The lowest BCUT2D eigenvalue weighted by molar-refractivity contribution is -0.139. The molecule has 0 radical (unpaired) electrons. The topological polar surface area (TPSA) is 41.6 Å². The molecule has 1 amide bonds. The minimum Gasteiger partial charge on any atom is -0.370 e. The summed E-state index contributed by atoms with van der Waals surface area (Å²) in [6, 6.07) is 4.83. The number of carbonyl (C=O) groups is 1. The molecule has 0 aromatic heterocycles. The van der Waals surface area contributed by atoms with Crippen LogP contribution in [0.4, 0.5) is 4.39 Å². The van der Waals surface area contributed by atoms with Crippen molar-refractivity contribution < 1.29 is 13.9 Å². The maximum atomic E-state index is 13.3. The molecule has 2 heterocycles. The van der Waals surface area contributed by atoms with E-state index in [1.165, 1.54) is 6.07 Å². The van der Waals surface area contributed by atoms with Gasteiger partial charge in [-0.1, -0.05) is 17.7 Å². The number of carbonyl (C=O) groups excluding carboxylic acids is 1. The Balaban J connectivity index is 0.00000208. The van der Waals surface area contributed by atoms with Gasteiger partial charge in [0.1, 0.15) is 11.9 Å². The SMILES string of the molecule is Cl.O=C(CC1CSCCN1)N1CCOC(c2ccc(F)c(Cl)c2)C1. The largest absolute Gasteiger partial charge is 0.370 e. The molecule has 134 valence electrons. The third-order valence-corrected chi connectivity index (χ3v) is 5.57. The Morgan fingerprint density at radius 2 is 2.33 bits per heavy atom. The van der Waals surface area contributed by atoms with Gasteiger partial charge in [0.15, 0.2) is 0 Å². The molecule has 2 saturated heterocycles. The maximum Gasteiger partial charge on any atom is 0.224 e. The zero-order chi connectivity index (χ0) is 16.2. The van der Waals surface area contributed by atoms with E-state index in [-0.39, 0.29) is 35.5 Å². The molecule has 0 aliphatic carbocycles. The molecule has 0 spiro atoms. The van der Waals surface area contributed by atoms with Gasteiger partial charge in [-0.2, -0.15) is 11.8 Å². The summed E-state index contributed by atoms with van der Waals surface area (Å²) in [5, 5.41) is 3.47. The highest BCUT2D eigenvalue weighted by Crippen LogP contribution is 2.26. The molecule has 8 heteroatoms. The molecule has 3 rings (SSSR count). The van der Waals surface area contributed by atoms with E-state index in [1.54, 1.807) is 12.1 Å². The van der Waals surface area contributed by atoms with E-state index in [2.05, 4.69) is 5.32 Å². The summed E-state index contributed by atoms with van der Waals surface area (Å²) < 4.78 is 19.0. The first-order chi connectivity index (χ1) is 11.1. The number of rotatable bonds is 3. The Morgan fingerprint density at radius 3 is 3.04 bits per heavy atom. The van der Waals surface area contributed by atoms with Gasteiger partial charge in [0.2, 0.25) is 5.91 Å². The van der Waals surface area contributed by atoms with E-state index in [4.69, 9.17) is 16.3 Å². The molecule has 2 fully saturated rings. The summed E-state index contributed by atoms with van der Waals surface area (Å²) in [6.45, 7) is 2.53. The molecule has 0 saturated carbocycles. The predicted molar refractivity (Wildman–Crippen MR) is 97.7 cm³/mol. The lowest BCUT2D eigenvalue weighted by Gasteiger charge is -2.34. The lowest BCUT2D eigenvalue weighted by atomic mass is 10.1. The van der Waals surface area contributed by atoms with Crippen molar-refractivity contribution in [2.45, 2.75) is 18.6 Å². The van der Waals surface area contributed by atoms with Gasteiger partial charge in [-0.15, -0.1) is 12.4 Å². The Bertz CT molecular complexity index is 573. The highest BCUT2D eigenvalue weighted by Gasteiger charge is 2.27. The second-order valence-electron chi connectivity index (χ2n) is 5.80. The number of nitrogens with zero attached hydrogens (tertiary/aromatic N) is 1. The molecule has 0 bridgehead atoms. The Hall–Kier alpha value is -0.530. The van der Waals surface area contributed by atoms with Crippen LogP contribution >= 0.6 is 35.8 Å². The van der Waals surface area contributed by atoms with Crippen molar-refractivity contribution in [2.75, 3.05) is 37.7 Å². The summed E-state index contributed by atoms with van der Waals surface area (Å²) >= 11 is 7.72. The average Bonchev–Trinajstić information content (AvgIpc) is 2.58. The Kier molecular flexibility index (Phi) is 7.62. The molecule has 24 heavy (non-hydrogen) atoms. The first-order valence-corrected chi connectivity index (χ1v) is 9.32. The van der Waals surface area contributed by atoms with E-state index in [9.17, 15) is 9.18 Å². The Morgan fingerprint density at radius 1 is 1.50 bits per heavy atom. The number of benzene rings is 1. The fourth-order valence-electron chi connectivity index (χ4n) is 2.88. The second kappa shape index (κ2) is 9.25. The van der Waals surface area contributed by atoms with Crippen LogP contribution in [-0.4, -0.2) is 54.6 Å². The summed E-state index contributed by atoms with van der Waals surface area (Å²) in [4.78, 5) is 14.3. The number of thioether (sulfide) groups is 1. The molecule has 1 aromatic carbocycles. The lowest BCUT2D eigenvalue weighted by Crippen LogP contribution is -2.46. The molecule has 1 aromatic rings. The summed E-state index contributed by atoms with van der Waals surface area (Å²) in [6.07, 6.45) is 0.267. The van der Waals surface area contributed by atoms with E-state index < -0.39 is 5.82 Å². The van der Waals surface area contributed by atoms with E-state index in [0.29, 0.717) is 26.1 Å². The number of halogens is 3. The molecule has 1 N–H and O–H groups in total. The van der Waals surface area contributed by atoms with Crippen LogP contribution in [-0.2, 0) is 9.53 Å². The number of ether oxygens (including phenoxy) is 1. The van der Waals surface area contributed by atoms with Crippen molar-refractivity contribution >= 4 is 41.7 Å². The normalized spacial score (nSPS) is 24.3. The number of morpholine rings is 1. The summed E-state index contributed by atoms with van der Waals surface area (Å²) in [5.41, 5.74) is 0.806. The van der Waals surface area contributed by atoms with Crippen LogP contribution in [0.1, 0.15) is 18.1 Å². The van der Waals surface area contributed by atoms with Gasteiger partial charge in [-0.3, -0.25) is 4.79 Å². The number of nitrogens with one attached hydrogen (secondary N) is 1. The molecule has 2 aliphatic rings. The van der Waals surface area contributed by atoms with E-state index in [1.807, 2.05) is 16.7 Å². The molecule has 2 atom stereocenters. The minimum atomic E-state index is -0.444. The van der Waals surface area contributed by atoms with Crippen LogP contribution in [0.25, 0.3) is 0 Å². The quantitative estimate of drug-likeness (QED) is 0.855. The van der Waals surface area contributed by atoms with Crippen LogP contribution in [0.15, 0.2) is 18.2 Å². The van der Waals surface area contributed by atoms with Gasteiger partial charge in [-0.05, 0) is 17.7 Å². The second-order valence-corrected chi connectivity index (χ2v) is 7.36. The number of hydrogen-bond donors (Lipinski definition) is 1. The van der Waals surface area contributed by atoms with Crippen molar-refractivity contribution in [1.29, 1.82) is 0 Å². The maximum absolute atomic E-state index is 13.3.